The molecule has 3 aliphatic rings. The van der Waals surface area contributed by atoms with Crippen LogP contribution in [0.25, 0.3) is 5.76 Å². The number of fused-ring (bicyclic) bond motifs is 4. The highest BCUT2D eigenvalue weighted by Crippen LogP contribution is 2.57. The second kappa shape index (κ2) is 9.41. The van der Waals surface area contributed by atoms with E-state index in [1.807, 2.05) is 6.92 Å². The van der Waals surface area contributed by atoms with Gasteiger partial charge in [0.15, 0.2) is 11.4 Å². The molecule has 0 unspecified atom stereocenters. The monoisotopic (exact) mass is 567 g/mol. The number of anilines is 1. The van der Waals surface area contributed by atoms with Gasteiger partial charge in [-0.25, -0.2) is 0 Å². The number of unbranched alkanes of at least 4 members (excludes halogenated alkanes) is 1. The van der Waals surface area contributed by atoms with Crippen LogP contribution in [0.4, 0.5) is 18.9 Å². The Morgan fingerprint density at radius 3 is 2.55 bits per heavy atom. The lowest BCUT2D eigenvalue weighted by Crippen LogP contribution is -2.63. The number of halogens is 3. The summed E-state index contributed by atoms with van der Waals surface area (Å²) >= 11 is 0. The normalized spacial score (nSPS) is 25.9. The summed E-state index contributed by atoms with van der Waals surface area (Å²) in [4.78, 5) is 29.5. The Hall–Kier alpha value is -3.78. The number of nitrogens with two attached hydrogens (primary N) is 1. The predicted octanol–water partition coefficient (Wildman–Crippen LogP) is 3.30. The maximum absolute atomic E-state index is 14.0. The summed E-state index contributed by atoms with van der Waals surface area (Å²) in [6.07, 6.45) is -4.06. The number of ketones is 2. The number of Topliss-reactive ketones (excluding diaryl/α,β-unsaturated/α-hetero) is 2. The summed E-state index contributed by atoms with van der Waals surface area (Å²) < 4.78 is 54.8. The lowest BCUT2D eigenvalue weighted by molar-refractivity contribution is -0.275. The van der Waals surface area contributed by atoms with Crippen LogP contribution in [0.15, 0.2) is 16.2 Å². The molecule has 3 aliphatic carbocycles. The van der Waals surface area contributed by atoms with Gasteiger partial charge in [-0.2, -0.15) is 0 Å². The fraction of sp³-hybridized carbons (Fsp3) is 0.500. The molecular formula is C26H28F3N3O8. The Morgan fingerprint density at radius 2 is 1.93 bits per heavy atom. The number of hydrogen-bond acceptors (Lipinski definition) is 11. The van der Waals surface area contributed by atoms with Crippen LogP contribution in [0.1, 0.15) is 59.5 Å². The van der Waals surface area contributed by atoms with E-state index in [4.69, 9.17) is 15.0 Å². The van der Waals surface area contributed by atoms with Gasteiger partial charge >= 0.3 is 6.36 Å². The zero-order valence-electron chi connectivity index (χ0n) is 21.8. The average molecular weight is 568 g/mol. The van der Waals surface area contributed by atoms with E-state index in [0.29, 0.717) is 6.42 Å². The highest BCUT2D eigenvalue weighted by molar-refractivity contribution is 6.26. The lowest BCUT2D eigenvalue weighted by Gasteiger charge is -2.49. The van der Waals surface area contributed by atoms with Crippen LogP contribution in [0.2, 0.25) is 0 Å². The van der Waals surface area contributed by atoms with Crippen LogP contribution in [-0.4, -0.2) is 69.6 Å². The third-order valence-corrected chi connectivity index (χ3v) is 7.84. The summed E-state index contributed by atoms with van der Waals surface area (Å²) in [6.45, 7) is 2.14. The fourth-order valence-electron chi connectivity index (χ4n) is 6.11. The minimum absolute atomic E-state index is 0.0864. The van der Waals surface area contributed by atoms with Crippen LogP contribution in [-0.2, 0) is 11.2 Å². The smallest absolute Gasteiger partial charge is 0.507 e. The molecule has 4 atom stereocenters. The van der Waals surface area contributed by atoms with E-state index in [2.05, 4.69) is 9.89 Å². The summed E-state index contributed by atoms with van der Waals surface area (Å²) in [5.74, 6) is -6.70. The fourth-order valence-corrected chi connectivity index (χ4v) is 6.11. The molecule has 5 N–H and O–H groups in total. The van der Waals surface area contributed by atoms with Crippen molar-refractivity contribution in [2.24, 2.45) is 11.8 Å². The zero-order valence-corrected chi connectivity index (χ0v) is 21.8. The molecule has 1 fully saturated rings. The van der Waals surface area contributed by atoms with Gasteiger partial charge in [0.05, 0.1) is 23.9 Å². The van der Waals surface area contributed by atoms with Crippen molar-refractivity contribution in [3.63, 3.8) is 0 Å². The van der Waals surface area contributed by atoms with Gasteiger partial charge in [-0.1, -0.05) is 13.3 Å². The number of aromatic hydroxyl groups is 1. The number of rotatable bonds is 6. The molecule has 216 valence electrons. The number of carbonyl (C=O) groups excluding carboxylic acids is 2. The first-order chi connectivity index (χ1) is 18.7. The number of hydrogen-bond donors (Lipinski definition) is 4. The average Bonchev–Trinajstić information content (AvgIpc) is 3.27. The topological polar surface area (TPSA) is 169 Å². The first-order valence-corrected chi connectivity index (χ1v) is 12.7. The molecule has 0 amide bonds. The van der Waals surface area contributed by atoms with Gasteiger partial charge in [-0.05, 0) is 44.4 Å². The van der Waals surface area contributed by atoms with Gasteiger partial charge in [0.2, 0.25) is 11.6 Å². The van der Waals surface area contributed by atoms with Crippen LogP contribution >= 0.6 is 0 Å². The first-order valence-electron chi connectivity index (χ1n) is 12.7. The zero-order chi connectivity index (χ0) is 29.3. The van der Waals surface area contributed by atoms with Crippen molar-refractivity contribution in [3.8, 4) is 17.4 Å². The maximum atomic E-state index is 14.0. The number of aliphatic hydroxyl groups is 2. The first kappa shape index (κ1) is 27.8. The number of aliphatic hydroxyl groups excluding tert-OH is 1. The summed E-state index contributed by atoms with van der Waals surface area (Å²) in [5, 5.41) is 37.5. The third-order valence-electron chi connectivity index (χ3n) is 7.84. The second-order valence-electron chi connectivity index (χ2n) is 10.5. The molecule has 0 spiro atoms. The maximum Gasteiger partial charge on any atom is 0.573 e. The van der Waals surface area contributed by atoms with Gasteiger partial charge < -0.3 is 35.1 Å². The highest BCUT2D eigenvalue weighted by Gasteiger charge is 2.65. The van der Waals surface area contributed by atoms with E-state index in [0.717, 1.165) is 12.5 Å². The Morgan fingerprint density at radius 1 is 1.23 bits per heavy atom. The van der Waals surface area contributed by atoms with Gasteiger partial charge in [-0.15, -0.1) is 13.2 Å². The summed E-state index contributed by atoms with van der Waals surface area (Å²) in [6, 6.07) is -0.0670. The van der Waals surface area contributed by atoms with E-state index in [1.165, 1.54) is 0 Å². The highest BCUT2D eigenvalue weighted by atomic mass is 19.4. The molecule has 5 rings (SSSR count). The molecule has 14 heteroatoms. The number of benzene rings is 1. The SMILES string of the molecule is CCCCOc1noc2c1C(=O)[C@@]1(O)C(=O)C3=C(O)c4c(O)c(N)cc(OC(F)(F)F)c4C[C@H]3C[C@H]1[C@@H]2N(C)C. The van der Waals surface area contributed by atoms with Gasteiger partial charge in [0.25, 0.3) is 5.88 Å². The standard InChI is InChI=1S/C26H28F3N3O8/c1-4-5-6-38-24-17-21(40-31-24)18(32(2)3)12-8-10-7-11-14(39-26(27,28)29)9-13(30)19(33)16(11)20(34)15(10)22(35)25(12,37)23(17)36/h9-10,12,18,33-34,37H,4-8,30H2,1-3H3/t10-,12-,18-,25-/m0/s1. The number of alkyl halides is 3. The molecule has 40 heavy (non-hydrogen) atoms. The molecule has 1 aromatic heterocycles. The van der Waals surface area contributed by atoms with Gasteiger partial charge in [-0.3, -0.25) is 14.5 Å². The van der Waals surface area contributed by atoms with E-state index in [-0.39, 0.29) is 42.2 Å². The van der Waals surface area contributed by atoms with Crippen molar-refractivity contribution in [2.75, 3.05) is 26.4 Å². The quantitative estimate of drug-likeness (QED) is 0.175. The Kier molecular flexibility index (Phi) is 6.53. The van der Waals surface area contributed by atoms with E-state index >= 15 is 0 Å². The van der Waals surface area contributed by atoms with Crippen molar-refractivity contribution in [1.82, 2.24) is 10.1 Å². The van der Waals surface area contributed by atoms with Gasteiger partial charge in [0.1, 0.15) is 22.8 Å². The van der Waals surface area contributed by atoms with E-state index in [1.54, 1.807) is 19.0 Å². The molecule has 2 aromatic rings. The molecule has 0 bridgehead atoms. The molecule has 0 radical (unpaired) electrons. The number of phenolic OH excluding ortho intramolecular Hbond substituents is 1. The molecule has 0 aliphatic heterocycles. The summed E-state index contributed by atoms with van der Waals surface area (Å²) in [5.41, 5.74) is 1.13. The Labute approximate surface area is 225 Å². The van der Waals surface area contributed by atoms with Crippen molar-refractivity contribution < 1.29 is 52.1 Å². The molecule has 1 saturated carbocycles. The number of aromatic nitrogens is 1. The van der Waals surface area contributed by atoms with Crippen molar-refractivity contribution >= 4 is 23.0 Å². The number of ether oxygens (including phenoxy) is 2. The summed E-state index contributed by atoms with van der Waals surface area (Å²) in [7, 11) is 3.29. The van der Waals surface area contributed by atoms with Crippen LogP contribution in [0, 0.1) is 11.8 Å². The molecule has 1 heterocycles. The van der Waals surface area contributed by atoms with E-state index in [9.17, 15) is 38.1 Å². The number of phenols is 1. The number of nitrogens with zero attached hydrogens (tertiary/aromatic N) is 2. The van der Waals surface area contributed by atoms with E-state index < -0.39 is 75.5 Å². The minimum atomic E-state index is -5.11. The minimum Gasteiger partial charge on any atom is -0.507 e. The van der Waals surface area contributed by atoms with Gasteiger partial charge in [0, 0.05) is 23.1 Å². The molecule has 0 saturated heterocycles. The van der Waals surface area contributed by atoms with Crippen LogP contribution < -0.4 is 15.2 Å². The molecule has 1 aromatic carbocycles. The van der Waals surface area contributed by atoms with Crippen molar-refractivity contribution in [1.29, 1.82) is 0 Å². The lowest BCUT2D eigenvalue weighted by atomic mass is 9.57. The largest absolute Gasteiger partial charge is 0.573 e. The van der Waals surface area contributed by atoms with Crippen molar-refractivity contribution in [3.05, 3.63) is 34.1 Å². The third kappa shape index (κ3) is 4.00. The predicted molar refractivity (Wildman–Crippen MR) is 132 cm³/mol. The van der Waals surface area contributed by atoms with Crippen LogP contribution in [0.5, 0.6) is 17.4 Å². The molecular weight excluding hydrogens is 539 g/mol. The number of nitrogen functional groups attached to an aromatic ring is 1. The second-order valence-corrected chi connectivity index (χ2v) is 10.5. The van der Waals surface area contributed by atoms with Crippen LogP contribution in [0.3, 0.4) is 0 Å². The Bertz CT molecular complexity index is 1430. The molecule has 11 nitrogen and oxygen atoms in total. The Balaban J connectivity index is 1.67. The van der Waals surface area contributed by atoms with Crippen molar-refractivity contribution in [2.45, 2.75) is 50.6 Å². The number of carbonyl (C=O) groups is 2.